The molecule has 0 rings (SSSR count). The van der Waals surface area contributed by atoms with Gasteiger partial charge in [-0.3, -0.25) is 14.4 Å². The van der Waals surface area contributed by atoms with E-state index in [4.69, 9.17) is 14.2 Å². The summed E-state index contributed by atoms with van der Waals surface area (Å²) < 4.78 is 16.8. The second-order valence-corrected chi connectivity index (χ2v) is 22.4. The Morgan fingerprint density at radius 2 is 0.472 bits per heavy atom. The molecule has 72 heavy (non-hydrogen) atoms. The van der Waals surface area contributed by atoms with Crippen molar-refractivity contribution in [3.05, 3.63) is 12.2 Å². The maximum atomic E-state index is 12.8. The van der Waals surface area contributed by atoms with E-state index in [9.17, 15) is 14.4 Å². The zero-order chi connectivity index (χ0) is 52.2. The fourth-order valence-electron chi connectivity index (χ4n) is 10.1. The van der Waals surface area contributed by atoms with Crippen LogP contribution >= 0.6 is 0 Å². The van der Waals surface area contributed by atoms with E-state index in [0.29, 0.717) is 19.3 Å². The van der Waals surface area contributed by atoms with Gasteiger partial charge >= 0.3 is 17.9 Å². The van der Waals surface area contributed by atoms with E-state index in [1.54, 1.807) is 0 Å². The first-order valence-electron chi connectivity index (χ1n) is 32.7. The standard InChI is InChI=1S/C66H126O6/c1-4-7-10-13-16-19-21-22-23-24-25-26-27-28-29-30-31-32-33-34-35-36-37-38-39-40-41-42-43-45-47-50-53-56-59-65(68)71-62-63(61-70-64(67)58-55-52-49-46-18-15-12-9-6-3)72-66(69)60-57-54-51-48-44-20-17-14-11-8-5-2/h14,17,63H,4-13,15-16,18-62H2,1-3H3/b17-14-. The van der Waals surface area contributed by atoms with Gasteiger partial charge in [0.15, 0.2) is 6.10 Å². The van der Waals surface area contributed by atoms with Crippen LogP contribution in [0.3, 0.4) is 0 Å². The lowest BCUT2D eigenvalue weighted by Crippen LogP contribution is -2.30. The van der Waals surface area contributed by atoms with Crippen LogP contribution in [0.5, 0.6) is 0 Å². The second kappa shape index (κ2) is 61.7. The molecule has 0 spiro atoms. The van der Waals surface area contributed by atoms with E-state index in [2.05, 4.69) is 32.9 Å². The summed E-state index contributed by atoms with van der Waals surface area (Å²) in [5, 5.41) is 0. The van der Waals surface area contributed by atoms with Gasteiger partial charge < -0.3 is 14.2 Å². The molecule has 6 nitrogen and oxygen atoms in total. The fraction of sp³-hybridized carbons (Fsp3) is 0.924. The van der Waals surface area contributed by atoms with Gasteiger partial charge in [-0.1, -0.05) is 328 Å². The third-order valence-electron chi connectivity index (χ3n) is 15.0. The molecule has 0 bridgehead atoms. The predicted molar refractivity (Wildman–Crippen MR) is 312 cm³/mol. The number of hydrogen-bond acceptors (Lipinski definition) is 6. The molecule has 0 amide bonds. The van der Waals surface area contributed by atoms with E-state index in [-0.39, 0.29) is 31.1 Å². The minimum Gasteiger partial charge on any atom is -0.462 e. The van der Waals surface area contributed by atoms with Crippen LogP contribution in [-0.4, -0.2) is 37.2 Å². The first-order chi connectivity index (χ1) is 35.5. The summed E-state index contributed by atoms with van der Waals surface area (Å²) in [4.78, 5) is 38.0. The first-order valence-corrected chi connectivity index (χ1v) is 32.7. The summed E-state index contributed by atoms with van der Waals surface area (Å²) in [6.07, 6.45) is 72.8. The van der Waals surface area contributed by atoms with Crippen molar-refractivity contribution in [2.45, 2.75) is 380 Å². The molecule has 6 heteroatoms. The maximum Gasteiger partial charge on any atom is 0.306 e. The number of carbonyl (C=O) groups is 3. The molecule has 0 aromatic heterocycles. The minimum atomic E-state index is -0.768. The quantitative estimate of drug-likeness (QED) is 0.0261. The van der Waals surface area contributed by atoms with Crippen molar-refractivity contribution in [2.24, 2.45) is 0 Å². The van der Waals surface area contributed by atoms with Gasteiger partial charge in [0.2, 0.25) is 0 Å². The monoisotopic (exact) mass is 1010 g/mol. The van der Waals surface area contributed by atoms with Gasteiger partial charge in [-0.2, -0.15) is 0 Å². The largest absolute Gasteiger partial charge is 0.462 e. The smallest absolute Gasteiger partial charge is 0.306 e. The van der Waals surface area contributed by atoms with E-state index in [1.165, 1.54) is 270 Å². The van der Waals surface area contributed by atoms with Gasteiger partial charge in [0.25, 0.3) is 0 Å². The van der Waals surface area contributed by atoms with E-state index < -0.39 is 6.10 Å². The van der Waals surface area contributed by atoms with Gasteiger partial charge in [0.1, 0.15) is 13.2 Å². The summed E-state index contributed by atoms with van der Waals surface area (Å²) in [6, 6.07) is 0. The molecule has 0 heterocycles. The lowest BCUT2D eigenvalue weighted by atomic mass is 10.0. The van der Waals surface area contributed by atoms with Crippen LogP contribution in [0.2, 0.25) is 0 Å². The highest BCUT2D eigenvalue weighted by atomic mass is 16.6. The molecule has 1 atom stereocenters. The average Bonchev–Trinajstić information content (AvgIpc) is 3.38. The molecule has 0 saturated carbocycles. The molecule has 0 fully saturated rings. The van der Waals surface area contributed by atoms with E-state index >= 15 is 0 Å². The summed E-state index contributed by atoms with van der Waals surface area (Å²) in [6.45, 7) is 6.63. The Balaban J connectivity index is 3.88. The number of allylic oxidation sites excluding steroid dienone is 2. The van der Waals surface area contributed by atoms with Gasteiger partial charge in [-0.25, -0.2) is 0 Å². The molecular formula is C66H126O6. The van der Waals surface area contributed by atoms with Gasteiger partial charge in [0, 0.05) is 19.3 Å². The molecule has 0 aliphatic rings. The Labute approximate surface area is 450 Å². The highest BCUT2D eigenvalue weighted by molar-refractivity contribution is 5.71. The summed E-state index contributed by atoms with van der Waals surface area (Å²) >= 11 is 0. The maximum absolute atomic E-state index is 12.8. The van der Waals surface area contributed by atoms with Crippen LogP contribution in [0.4, 0.5) is 0 Å². The Hall–Kier alpha value is -1.85. The molecule has 0 aliphatic heterocycles. The van der Waals surface area contributed by atoms with Crippen molar-refractivity contribution in [1.29, 1.82) is 0 Å². The Morgan fingerprint density at radius 3 is 0.736 bits per heavy atom. The fourth-order valence-corrected chi connectivity index (χ4v) is 10.1. The number of rotatable bonds is 61. The molecule has 0 saturated heterocycles. The van der Waals surface area contributed by atoms with E-state index in [0.717, 1.165) is 64.2 Å². The summed E-state index contributed by atoms with van der Waals surface area (Å²) in [7, 11) is 0. The zero-order valence-electron chi connectivity index (χ0n) is 49.0. The molecule has 426 valence electrons. The lowest BCUT2D eigenvalue weighted by Gasteiger charge is -2.18. The van der Waals surface area contributed by atoms with Crippen LogP contribution in [0.15, 0.2) is 12.2 Å². The molecule has 0 aliphatic carbocycles. The molecule has 1 unspecified atom stereocenters. The SMILES string of the molecule is CCCC/C=C\CCCCCCCC(=O)OC(COC(=O)CCCCCCCCCCC)COC(=O)CCCCCCCCCCCCCCCCCCCCCCCCCCCCCCCCCCCC. The van der Waals surface area contributed by atoms with Crippen LogP contribution in [-0.2, 0) is 28.6 Å². The van der Waals surface area contributed by atoms with Crippen molar-refractivity contribution in [3.63, 3.8) is 0 Å². The van der Waals surface area contributed by atoms with Gasteiger partial charge in [-0.15, -0.1) is 0 Å². The number of hydrogen-bond donors (Lipinski definition) is 0. The highest BCUT2D eigenvalue weighted by Gasteiger charge is 2.19. The van der Waals surface area contributed by atoms with Crippen LogP contribution in [0, 0.1) is 0 Å². The average molecular weight is 1020 g/mol. The molecule has 0 aromatic rings. The third-order valence-corrected chi connectivity index (χ3v) is 15.0. The number of carbonyl (C=O) groups excluding carboxylic acids is 3. The van der Waals surface area contributed by atoms with Crippen molar-refractivity contribution in [2.75, 3.05) is 13.2 Å². The van der Waals surface area contributed by atoms with Crippen molar-refractivity contribution >= 4 is 17.9 Å². The third kappa shape index (κ3) is 59.0. The Morgan fingerprint density at radius 1 is 0.264 bits per heavy atom. The van der Waals surface area contributed by atoms with Crippen LogP contribution in [0.1, 0.15) is 374 Å². The molecule has 0 radical (unpaired) electrons. The summed E-state index contributed by atoms with van der Waals surface area (Å²) in [5.41, 5.74) is 0. The van der Waals surface area contributed by atoms with E-state index in [1.807, 2.05) is 0 Å². The van der Waals surface area contributed by atoms with Crippen LogP contribution in [0.25, 0.3) is 0 Å². The molecular weight excluding hydrogens is 889 g/mol. The van der Waals surface area contributed by atoms with Gasteiger partial charge in [-0.05, 0) is 38.5 Å². The van der Waals surface area contributed by atoms with Gasteiger partial charge in [0.05, 0.1) is 0 Å². The predicted octanol–water partition coefficient (Wildman–Crippen LogP) is 22.1. The zero-order valence-corrected chi connectivity index (χ0v) is 49.0. The highest BCUT2D eigenvalue weighted by Crippen LogP contribution is 2.19. The van der Waals surface area contributed by atoms with Crippen molar-refractivity contribution in [1.82, 2.24) is 0 Å². The first kappa shape index (κ1) is 70.1. The number of ether oxygens (including phenoxy) is 3. The minimum absolute atomic E-state index is 0.0681. The second-order valence-electron chi connectivity index (χ2n) is 22.4. The lowest BCUT2D eigenvalue weighted by molar-refractivity contribution is -0.167. The topological polar surface area (TPSA) is 78.9 Å². The van der Waals surface area contributed by atoms with Crippen molar-refractivity contribution in [3.8, 4) is 0 Å². The van der Waals surface area contributed by atoms with Crippen molar-refractivity contribution < 1.29 is 28.6 Å². The number of unbranched alkanes of at least 4 members (excludes halogenated alkanes) is 48. The molecule has 0 aromatic carbocycles. The van der Waals surface area contributed by atoms with Crippen LogP contribution < -0.4 is 0 Å². The Bertz CT molecular complexity index is 1120. The molecule has 0 N–H and O–H groups in total. The summed E-state index contributed by atoms with van der Waals surface area (Å²) in [5.74, 6) is -0.859. The number of esters is 3. The normalized spacial score (nSPS) is 12.0. The Kier molecular flexibility index (Phi) is 60.1.